The number of nitrogens with zero attached hydrogens (tertiary/aromatic N) is 3. The summed E-state index contributed by atoms with van der Waals surface area (Å²) in [6, 6.07) is 0.377. The summed E-state index contributed by atoms with van der Waals surface area (Å²) in [4.78, 5) is 11.3. The summed E-state index contributed by atoms with van der Waals surface area (Å²) < 4.78 is 27.4. The molecule has 1 aliphatic rings. The zero-order valence-electron chi connectivity index (χ0n) is 10.9. The number of carbonyl (C=O) groups is 1. The lowest BCUT2D eigenvalue weighted by Crippen LogP contribution is -2.52. The van der Waals surface area contributed by atoms with Crippen molar-refractivity contribution >= 4 is 16.0 Å². The van der Waals surface area contributed by atoms with Crippen LogP contribution in [0, 0.1) is 5.92 Å². The molecule has 0 saturated carbocycles. The Morgan fingerprint density at radius 1 is 1.53 bits per heavy atom. The van der Waals surface area contributed by atoms with Crippen molar-refractivity contribution in [1.29, 1.82) is 0 Å². The molecule has 1 aliphatic heterocycles. The van der Waals surface area contributed by atoms with E-state index in [4.69, 9.17) is 0 Å². The number of piperidine rings is 1. The number of rotatable bonds is 3. The molecule has 0 bridgehead atoms. The van der Waals surface area contributed by atoms with Crippen LogP contribution in [0.5, 0.6) is 0 Å². The zero-order chi connectivity index (χ0) is 14.2. The van der Waals surface area contributed by atoms with Gasteiger partial charge in [0.15, 0.2) is 5.03 Å². The number of aromatic nitrogens is 2. The summed E-state index contributed by atoms with van der Waals surface area (Å²) in [5, 5.41) is 13.1. The van der Waals surface area contributed by atoms with Crippen molar-refractivity contribution < 1.29 is 18.3 Å². The molecule has 8 heteroatoms. The average molecular weight is 287 g/mol. The van der Waals surface area contributed by atoms with Gasteiger partial charge in [-0.05, 0) is 24.8 Å². The van der Waals surface area contributed by atoms with Crippen LogP contribution >= 0.6 is 0 Å². The van der Waals surface area contributed by atoms with Crippen molar-refractivity contribution in [3.8, 4) is 0 Å². The highest BCUT2D eigenvalue weighted by atomic mass is 32.2. The van der Waals surface area contributed by atoms with E-state index < -0.39 is 22.0 Å². The summed E-state index contributed by atoms with van der Waals surface area (Å²) in [6.45, 7) is 2.00. The van der Waals surface area contributed by atoms with Crippen molar-refractivity contribution in [1.82, 2.24) is 14.1 Å². The molecule has 1 aromatic heterocycles. The Morgan fingerprint density at radius 3 is 2.74 bits per heavy atom. The van der Waals surface area contributed by atoms with E-state index in [2.05, 4.69) is 5.10 Å². The van der Waals surface area contributed by atoms with E-state index in [1.54, 1.807) is 6.92 Å². The molecule has 1 saturated heterocycles. The molecule has 0 spiro atoms. The minimum atomic E-state index is -3.82. The minimum Gasteiger partial charge on any atom is -0.480 e. The number of sulfonamides is 1. The van der Waals surface area contributed by atoms with Crippen LogP contribution in [0.4, 0.5) is 0 Å². The molecule has 19 heavy (non-hydrogen) atoms. The quantitative estimate of drug-likeness (QED) is 0.862. The van der Waals surface area contributed by atoms with Gasteiger partial charge in [-0.25, -0.2) is 8.42 Å². The zero-order valence-corrected chi connectivity index (χ0v) is 11.7. The van der Waals surface area contributed by atoms with E-state index in [-0.39, 0.29) is 17.5 Å². The van der Waals surface area contributed by atoms with E-state index in [9.17, 15) is 18.3 Å². The van der Waals surface area contributed by atoms with Crippen molar-refractivity contribution in [3.63, 3.8) is 0 Å². The average Bonchev–Trinajstić information content (AvgIpc) is 2.75. The second kappa shape index (κ2) is 4.93. The Balaban J connectivity index is 2.44. The monoisotopic (exact) mass is 287 g/mol. The van der Waals surface area contributed by atoms with Crippen molar-refractivity contribution in [2.24, 2.45) is 13.0 Å². The molecule has 0 amide bonds. The van der Waals surface area contributed by atoms with E-state index in [0.29, 0.717) is 12.8 Å². The summed E-state index contributed by atoms with van der Waals surface area (Å²) >= 11 is 0. The first-order valence-corrected chi connectivity index (χ1v) is 7.52. The van der Waals surface area contributed by atoms with Crippen LogP contribution in [0.15, 0.2) is 17.3 Å². The molecule has 0 aromatic carbocycles. The SMILES string of the molecule is CC1CCCN(S(=O)(=O)c2ccnn2C)C1C(=O)O. The Morgan fingerprint density at radius 2 is 2.21 bits per heavy atom. The third-order valence-electron chi connectivity index (χ3n) is 3.49. The van der Waals surface area contributed by atoms with Crippen LogP contribution < -0.4 is 0 Å². The van der Waals surface area contributed by atoms with Crippen molar-refractivity contribution in [2.45, 2.75) is 30.8 Å². The third-order valence-corrected chi connectivity index (χ3v) is 5.45. The van der Waals surface area contributed by atoms with Crippen molar-refractivity contribution in [2.75, 3.05) is 6.54 Å². The molecule has 0 radical (unpaired) electrons. The fraction of sp³-hybridized carbons (Fsp3) is 0.636. The first kappa shape index (κ1) is 14.0. The van der Waals surface area contributed by atoms with Gasteiger partial charge < -0.3 is 5.11 Å². The first-order chi connectivity index (χ1) is 8.85. The molecular weight excluding hydrogens is 270 g/mol. The maximum Gasteiger partial charge on any atom is 0.322 e. The van der Waals surface area contributed by atoms with Gasteiger partial charge in [-0.1, -0.05) is 6.92 Å². The summed E-state index contributed by atoms with van der Waals surface area (Å²) in [5.74, 6) is -1.30. The minimum absolute atomic E-state index is 0.0212. The van der Waals surface area contributed by atoms with Crippen LogP contribution in [0.3, 0.4) is 0 Å². The predicted octanol–water partition coefficient (Wildman–Crippen LogP) is 0.294. The summed E-state index contributed by atoms with van der Waals surface area (Å²) in [6.07, 6.45) is 2.77. The molecule has 7 nitrogen and oxygen atoms in total. The van der Waals surface area contributed by atoms with Gasteiger partial charge in [-0.15, -0.1) is 0 Å². The summed E-state index contributed by atoms with van der Waals surface area (Å²) in [5.41, 5.74) is 0. The van der Waals surface area contributed by atoms with Crippen molar-refractivity contribution in [3.05, 3.63) is 12.3 Å². The van der Waals surface area contributed by atoms with Crippen LogP contribution in [0.2, 0.25) is 0 Å². The normalized spacial score (nSPS) is 25.4. The number of aliphatic carboxylic acids is 1. The van der Waals surface area contributed by atoms with Crippen LogP contribution in [-0.4, -0.2) is 46.2 Å². The summed E-state index contributed by atoms with van der Waals surface area (Å²) in [7, 11) is -2.30. The van der Waals surface area contributed by atoms with Gasteiger partial charge in [-0.2, -0.15) is 9.40 Å². The molecule has 1 fully saturated rings. The fourth-order valence-corrected chi connectivity index (χ4v) is 4.34. The second-order valence-corrected chi connectivity index (χ2v) is 6.65. The van der Waals surface area contributed by atoms with Gasteiger partial charge in [-0.3, -0.25) is 9.48 Å². The van der Waals surface area contributed by atoms with Crippen LogP contribution in [0.25, 0.3) is 0 Å². The fourth-order valence-electron chi connectivity index (χ4n) is 2.52. The Labute approximate surface area is 111 Å². The molecule has 2 unspecified atom stereocenters. The van der Waals surface area contributed by atoms with Crippen LogP contribution in [0.1, 0.15) is 19.8 Å². The third kappa shape index (κ3) is 2.37. The Kier molecular flexibility index (Phi) is 3.64. The number of hydrogen-bond acceptors (Lipinski definition) is 4. The second-order valence-electron chi connectivity index (χ2n) is 4.81. The highest BCUT2D eigenvalue weighted by molar-refractivity contribution is 7.89. The number of hydrogen-bond donors (Lipinski definition) is 1. The molecule has 1 aromatic rings. The molecule has 1 N–H and O–H groups in total. The maximum atomic E-state index is 12.5. The lowest BCUT2D eigenvalue weighted by atomic mass is 9.93. The van der Waals surface area contributed by atoms with Gasteiger partial charge in [0, 0.05) is 13.6 Å². The molecule has 2 atom stereocenters. The van der Waals surface area contributed by atoms with Gasteiger partial charge in [0.1, 0.15) is 6.04 Å². The number of carboxylic acid groups (broad SMARTS) is 1. The lowest BCUT2D eigenvalue weighted by molar-refractivity contribution is -0.144. The van der Waals surface area contributed by atoms with E-state index >= 15 is 0 Å². The Hall–Kier alpha value is -1.41. The molecular formula is C11H17N3O4S. The van der Waals surface area contributed by atoms with Gasteiger partial charge in [0.05, 0.1) is 6.20 Å². The maximum absolute atomic E-state index is 12.5. The van der Waals surface area contributed by atoms with Gasteiger partial charge >= 0.3 is 5.97 Å². The topological polar surface area (TPSA) is 92.5 Å². The van der Waals surface area contributed by atoms with Crippen LogP contribution in [-0.2, 0) is 21.9 Å². The smallest absolute Gasteiger partial charge is 0.322 e. The number of carboxylic acids is 1. The molecule has 2 rings (SSSR count). The lowest BCUT2D eigenvalue weighted by Gasteiger charge is -2.35. The molecule has 0 aliphatic carbocycles. The predicted molar refractivity (Wildman–Crippen MR) is 66.9 cm³/mol. The number of aryl methyl sites for hydroxylation is 1. The molecule has 2 heterocycles. The largest absolute Gasteiger partial charge is 0.480 e. The van der Waals surface area contributed by atoms with Gasteiger partial charge in [0.25, 0.3) is 10.0 Å². The van der Waals surface area contributed by atoms with E-state index in [1.165, 1.54) is 24.0 Å². The van der Waals surface area contributed by atoms with E-state index in [1.807, 2.05) is 0 Å². The Bertz CT molecular complexity index is 581. The van der Waals surface area contributed by atoms with E-state index in [0.717, 1.165) is 4.31 Å². The molecule has 106 valence electrons. The first-order valence-electron chi connectivity index (χ1n) is 6.08. The van der Waals surface area contributed by atoms with Gasteiger partial charge in [0.2, 0.25) is 0 Å². The standard InChI is InChI=1S/C11H17N3O4S/c1-8-4-3-7-14(10(8)11(15)16)19(17,18)9-5-6-12-13(9)2/h5-6,8,10H,3-4,7H2,1-2H3,(H,15,16). The highest BCUT2D eigenvalue weighted by Gasteiger charge is 2.42. The highest BCUT2D eigenvalue weighted by Crippen LogP contribution is 2.28.